The van der Waals surface area contributed by atoms with Crippen LogP contribution in [0.4, 0.5) is 4.79 Å². The molecule has 0 N–H and O–H groups in total. The normalized spacial score (nSPS) is 26.6. The van der Waals surface area contributed by atoms with Crippen LogP contribution in [0.2, 0.25) is 0 Å². The molecule has 3 aromatic rings. The van der Waals surface area contributed by atoms with Crippen molar-refractivity contribution in [3.8, 4) is 5.69 Å². The van der Waals surface area contributed by atoms with Gasteiger partial charge in [-0.05, 0) is 67.1 Å². The predicted molar refractivity (Wildman–Crippen MR) is 119 cm³/mol. The minimum atomic E-state index is -0.191. The van der Waals surface area contributed by atoms with Crippen LogP contribution in [0, 0.1) is 5.92 Å². The third kappa shape index (κ3) is 3.46. The van der Waals surface area contributed by atoms with Crippen LogP contribution in [-0.2, 0) is 11.2 Å². The van der Waals surface area contributed by atoms with E-state index in [1.54, 1.807) is 11.0 Å². The van der Waals surface area contributed by atoms with Gasteiger partial charge in [0, 0.05) is 13.1 Å². The molecule has 3 saturated heterocycles. The summed E-state index contributed by atoms with van der Waals surface area (Å²) in [7, 11) is 0. The number of fused-ring (bicyclic) bond motifs is 4. The molecule has 0 radical (unpaired) electrons. The van der Waals surface area contributed by atoms with Gasteiger partial charge in [0.05, 0.1) is 11.7 Å². The Hall–Kier alpha value is -3.19. The smallest absolute Gasteiger partial charge is 0.410 e. The zero-order chi connectivity index (χ0) is 21.5. The van der Waals surface area contributed by atoms with Crippen LogP contribution in [0.1, 0.15) is 35.6 Å². The van der Waals surface area contributed by atoms with Crippen LogP contribution in [0.5, 0.6) is 0 Å². The van der Waals surface area contributed by atoms with Gasteiger partial charge in [0.1, 0.15) is 18.8 Å². The highest BCUT2D eigenvalue weighted by Crippen LogP contribution is 2.37. The van der Waals surface area contributed by atoms with Crippen LogP contribution in [-0.4, -0.2) is 62.9 Å². The molecular weight excluding hydrogens is 402 g/mol. The summed E-state index contributed by atoms with van der Waals surface area (Å²) in [6.07, 6.45) is 6.14. The number of hydrogen-bond acceptors (Lipinski definition) is 5. The summed E-state index contributed by atoms with van der Waals surface area (Å²) >= 11 is 0. The van der Waals surface area contributed by atoms with Gasteiger partial charge in [-0.25, -0.2) is 14.5 Å². The van der Waals surface area contributed by atoms with E-state index in [2.05, 4.69) is 51.4 Å². The number of carbonyl (C=O) groups excluding carboxylic acids is 1. The average Bonchev–Trinajstić information content (AvgIpc) is 3.39. The van der Waals surface area contributed by atoms with E-state index in [9.17, 15) is 4.79 Å². The second-order valence-corrected chi connectivity index (χ2v) is 9.04. The van der Waals surface area contributed by atoms with Gasteiger partial charge in [0.15, 0.2) is 0 Å². The Morgan fingerprint density at radius 1 is 1.00 bits per heavy atom. The molecule has 1 aromatic heterocycles. The third-order valence-corrected chi connectivity index (χ3v) is 7.26. The maximum atomic E-state index is 13.5. The maximum absolute atomic E-state index is 13.5. The Morgan fingerprint density at radius 2 is 1.81 bits per heavy atom. The van der Waals surface area contributed by atoms with Crippen molar-refractivity contribution in [3.05, 3.63) is 77.9 Å². The van der Waals surface area contributed by atoms with E-state index in [-0.39, 0.29) is 18.2 Å². The molecule has 7 rings (SSSR count). The van der Waals surface area contributed by atoms with Crippen molar-refractivity contribution in [2.75, 3.05) is 26.2 Å². The first-order valence-corrected chi connectivity index (χ1v) is 11.5. The van der Waals surface area contributed by atoms with Gasteiger partial charge < -0.3 is 4.74 Å². The van der Waals surface area contributed by atoms with E-state index in [0.717, 1.165) is 50.1 Å². The van der Waals surface area contributed by atoms with Crippen LogP contribution < -0.4 is 0 Å². The summed E-state index contributed by atoms with van der Waals surface area (Å²) in [6, 6.07) is 16.5. The lowest BCUT2D eigenvalue weighted by atomic mass is 9.86. The molecule has 7 heteroatoms. The molecule has 2 atom stereocenters. The summed E-state index contributed by atoms with van der Waals surface area (Å²) < 4.78 is 7.87. The van der Waals surface area contributed by atoms with E-state index in [4.69, 9.17) is 4.74 Å². The van der Waals surface area contributed by atoms with Crippen LogP contribution in [0.3, 0.4) is 0 Å². The van der Waals surface area contributed by atoms with Crippen molar-refractivity contribution in [2.45, 2.75) is 31.4 Å². The molecule has 0 saturated carbocycles. The van der Waals surface area contributed by atoms with Crippen molar-refractivity contribution in [3.63, 3.8) is 0 Å². The molecule has 0 aliphatic carbocycles. The zero-order valence-corrected chi connectivity index (χ0v) is 18.0. The van der Waals surface area contributed by atoms with Crippen LogP contribution in [0.25, 0.3) is 5.69 Å². The van der Waals surface area contributed by atoms with Crippen molar-refractivity contribution in [2.24, 2.45) is 5.92 Å². The Kier molecular flexibility index (Phi) is 4.91. The first kappa shape index (κ1) is 19.5. The highest BCUT2D eigenvalue weighted by atomic mass is 16.6. The van der Waals surface area contributed by atoms with E-state index in [1.165, 1.54) is 17.5 Å². The number of carbonyl (C=O) groups is 1. The summed E-state index contributed by atoms with van der Waals surface area (Å²) in [5, 5.41) is 4.21. The number of benzene rings is 2. The molecule has 4 aliphatic heterocycles. The van der Waals surface area contributed by atoms with Crippen LogP contribution >= 0.6 is 0 Å². The fourth-order valence-corrected chi connectivity index (χ4v) is 5.52. The molecule has 2 bridgehead atoms. The molecule has 1 amide bonds. The molecule has 7 nitrogen and oxygen atoms in total. The number of aromatic nitrogens is 3. The molecule has 0 unspecified atom stereocenters. The van der Waals surface area contributed by atoms with E-state index >= 15 is 0 Å². The number of ether oxygens (including phenoxy) is 1. The summed E-state index contributed by atoms with van der Waals surface area (Å²) in [5.74, 6) is 0.501. The Labute approximate surface area is 187 Å². The van der Waals surface area contributed by atoms with Crippen molar-refractivity contribution >= 4 is 6.09 Å². The molecule has 3 fully saturated rings. The quantitative estimate of drug-likeness (QED) is 0.638. The lowest BCUT2D eigenvalue weighted by Crippen LogP contribution is -2.53. The fourth-order valence-electron chi connectivity index (χ4n) is 5.52. The summed E-state index contributed by atoms with van der Waals surface area (Å²) in [6.45, 7) is 3.80. The molecule has 164 valence electrons. The molecule has 5 heterocycles. The van der Waals surface area contributed by atoms with Crippen molar-refractivity contribution < 1.29 is 9.53 Å². The minimum absolute atomic E-state index is 0.0116. The Bertz CT molecular complexity index is 1090. The highest BCUT2D eigenvalue weighted by Gasteiger charge is 2.39. The lowest BCUT2D eigenvalue weighted by Gasteiger charge is -2.45. The fraction of sp³-hybridized carbons (Fsp3) is 0.400. The number of amides is 1. The summed E-state index contributed by atoms with van der Waals surface area (Å²) in [4.78, 5) is 21.8. The second kappa shape index (κ2) is 8.06. The summed E-state index contributed by atoms with van der Waals surface area (Å²) in [5.41, 5.74) is 4.49. The molecule has 32 heavy (non-hydrogen) atoms. The first-order chi connectivity index (χ1) is 15.8. The number of hydrogen-bond donors (Lipinski definition) is 0. The first-order valence-electron chi connectivity index (χ1n) is 11.5. The van der Waals surface area contributed by atoms with Gasteiger partial charge in [-0.2, -0.15) is 5.10 Å². The molecule has 2 aromatic carbocycles. The SMILES string of the molecule is O=C(O[C@@H]1CN2CCC1CC2)N1CCc2ccccc2[C@H]1c1ccc(-n2cncn2)cc1. The minimum Gasteiger partial charge on any atom is -0.444 e. The average molecular weight is 430 g/mol. The van der Waals surface area contributed by atoms with E-state index < -0.39 is 0 Å². The molecule has 4 aliphatic rings. The van der Waals surface area contributed by atoms with Crippen molar-refractivity contribution in [1.82, 2.24) is 24.6 Å². The van der Waals surface area contributed by atoms with Gasteiger partial charge in [-0.15, -0.1) is 0 Å². The number of nitrogens with zero attached hydrogens (tertiary/aromatic N) is 5. The topological polar surface area (TPSA) is 63.5 Å². The zero-order valence-electron chi connectivity index (χ0n) is 18.0. The predicted octanol–water partition coefficient (Wildman–Crippen LogP) is 3.45. The van der Waals surface area contributed by atoms with Gasteiger partial charge in [0.2, 0.25) is 0 Å². The highest BCUT2D eigenvalue weighted by molar-refractivity contribution is 5.70. The van der Waals surface area contributed by atoms with Gasteiger partial charge in [-0.1, -0.05) is 36.4 Å². The second-order valence-electron chi connectivity index (χ2n) is 9.04. The lowest BCUT2D eigenvalue weighted by molar-refractivity contribution is -0.0462. The molecule has 0 spiro atoms. The van der Waals surface area contributed by atoms with E-state index in [0.29, 0.717) is 12.5 Å². The van der Waals surface area contributed by atoms with E-state index in [1.807, 2.05) is 17.0 Å². The Balaban J connectivity index is 1.30. The molecular formula is C25H27N5O2. The maximum Gasteiger partial charge on any atom is 0.410 e. The van der Waals surface area contributed by atoms with Gasteiger partial charge in [0.25, 0.3) is 0 Å². The monoisotopic (exact) mass is 429 g/mol. The van der Waals surface area contributed by atoms with Crippen molar-refractivity contribution in [1.29, 1.82) is 0 Å². The number of piperidine rings is 3. The number of rotatable bonds is 3. The standard InChI is InChI=1S/C25H27N5O2/c31-25(32-23-15-28-12-9-19(23)10-13-28)29-14-11-18-3-1-2-4-22(18)24(29)20-5-7-21(8-6-20)30-17-26-16-27-30/h1-8,16-17,19,23-24H,9-15H2/t23-,24-/m1/s1. The van der Waals surface area contributed by atoms with Gasteiger partial charge >= 0.3 is 6.09 Å². The largest absolute Gasteiger partial charge is 0.444 e. The Morgan fingerprint density at radius 3 is 2.53 bits per heavy atom. The van der Waals surface area contributed by atoms with Crippen LogP contribution in [0.15, 0.2) is 61.2 Å². The van der Waals surface area contributed by atoms with Gasteiger partial charge in [-0.3, -0.25) is 9.80 Å². The third-order valence-electron chi connectivity index (χ3n) is 7.26.